The van der Waals surface area contributed by atoms with E-state index >= 15 is 0 Å². The predicted octanol–water partition coefficient (Wildman–Crippen LogP) is 3.88. The van der Waals surface area contributed by atoms with Crippen molar-refractivity contribution in [3.05, 3.63) is 65.2 Å². The Morgan fingerprint density at radius 2 is 1.62 bits per heavy atom. The van der Waals surface area contributed by atoms with Crippen molar-refractivity contribution < 1.29 is 9.84 Å². The van der Waals surface area contributed by atoms with Crippen LogP contribution >= 0.6 is 0 Å². The lowest BCUT2D eigenvalue weighted by atomic mass is 9.60. The molecule has 2 nitrogen and oxygen atoms in total. The second-order valence-corrected chi connectivity index (χ2v) is 5.99. The molecule has 0 saturated heterocycles. The second-order valence-electron chi connectivity index (χ2n) is 5.99. The van der Waals surface area contributed by atoms with Crippen LogP contribution in [0.3, 0.4) is 0 Å². The predicted molar refractivity (Wildman–Crippen MR) is 84.8 cm³/mol. The number of aliphatic hydroxyl groups is 1. The van der Waals surface area contributed by atoms with Gasteiger partial charge < -0.3 is 9.84 Å². The lowest BCUT2D eigenvalue weighted by Gasteiger charge is -2.45. The molecule has 1 N–H and O–H groups in total. The van der Waals surface area contributed by atoms with Gasteiger partial charge in [0, 0.05) is 6.61 Å². The molecule has 3 rings (SSSR count). The molecule has 1 aliphatic carbocycles. The zero-order chi connectivity index (χ0) is 14.8. The van der Waals surface area contributed by atoms with E-state index in [1.165, 1.54) is 16.7 Å². The highest BCUT2D eigenvalue weighted by Gasteiger charge is 2.42. The quantitative estimate of drug-likeness (QED) is 0.922. The summed E-state index contributed by atoms with van der Waals surface area (Å²) < 4.78 is 5.23. The first-order valence-electron chi connectivity index (χ1n) is 7.54. The smallest absolute Gasteiger partial charge is 0.118 e. The molecule has 21 heavy (non-hydrogen) atoms. The van der Waals surface area contributed by atoms with Crippen LogP contribution in [0.4, 0.5) is 0 Å². The molecular weight excluding hydrogens is 260 g/mol. The first-order valence-corrected chi connectivity index (χ1v) is 7.54. The Morgan fingerprint density at radius 1 is 1.00 bits per heavy atom. The molecule has 0 aromatic heterocycles. The number of methoxy groups -OCH3 is 1. The summed E-state index contributed by atoms with van der Waals surface area (Å²) in [5.41, 5.74) is 3.97. The van der Waals surface area contributed by atoms with Gasteiger partial charge in [0.15, 0.2) is 0 Å². The summed E-state index contributed by atoms with van der Waals surface area (Å²) in [6.45, 7) is 2.38. The molecule has 0 unspecified atom stereocenters. The summed E-state index contributed by atoms with van der Waals surface area (Å²) in [5, 5.41) is 9.60. The normalized spacial score (nSPS) is 24.4. The van der Waals surface area contributed by atoms with Crippen LogP contribution in [0.2, 0.25) is 0 Å². The largest absolute Gasteiger partial charge is 0.497 e. The van der Waals surface area contributed by atoms with Gasteiger partial charge in [0.2, 0.25) is 0 Å². The van der Waals surface area contributed by atoms with Gasteiger partial charge in [0.05, 0.1) is 7.11 Å². The standard InChI is InChI=1S/C19H22O2/c1-13-3-5-14(6-4-13)18-11-16(12-20)19(18)15-7-9-17(21-2)10-8-15/h3-10,16,18-20H,11-12H2,1-2H3/t16-,18+,19-/m1/s1. The van der Waals surface area contributed by atoms with Gasteiger partial charge in [-0.05, 0) is 54.4 Å². The molecule has 2 aromatic rings. The molecule has 0 radical (unpaired) electrons. The summed E-state index contributed by atoms with van der Waals surface area (Å²) in [7, 11) is 1.68. The Balaban J connectivity index is 1.86. The van der Waals surface area contributed by atoms with E-state index in [4.69, 9.17) is 4.74 Å². The van der Waals surface area contributed by atoms with Crippen LogP contribution in [-0.4, -0.2) is 18.8 Å². The molecule has 2 aromatic carbocycles. The number of aryl methyl sites for hydroxylation is 1. The maximum absolute atomic E-state index is 9.60. The number of ether oxygens (including phenoxy) is 1. The van der Waals surface area contributed by atoms with Crippen molar-refractivity contribution in [2.75, 3.05) is 13.7 Å². The molecule has 1 fully saturated rings. The highest BCUT2D eigenvalue weighted by Crippen LogP contribution is 2.53. The van der Waals surface area contributed by atoms with Crippen LogP contribution in [0.5, 0.6) is 5.75 Å². The van der Waals surface area contributed by atoms with Crippen molar-refractivity contribution in [2.45, 2.75) is 25.2 Å². The average molecular weight is 282 g/mol. The Kier molecular flexibility index (Phi) is 3.98. The monoisotopic (exact) mass is 282 g/mol. The number of rotatable bonds is 4. The maximum atomic E-state index is 9.60. The maximum Gasteiger partial charge on any atom is 0.118 e. The minimum absolute atomic E-state index is 0.263. The number of hydrogen-bond donors (Lipinski definition) is 1. The van der Waals surface area contributed by atoms with Crippen molar-refractivity contribution in [1.29, 1.82) is 0 Å². The Morgan fingerprint density at radius 3 is 2.19 bits per heavy atom. The zero-order valence-electron chi connectivity index (χ0n) is 12.6. The summed E-state index contributed by atoms with van der Waals surface area (Å²) in [4.78, 5) is 0. The molecule has 0 bridgehead atoms. The van der Waals surface area contributed by atoms with Gasteiger partial charge in [-0.25, -0.2) is 0 Å². The fraction of sp³-hybridized carbons (Fsp3) is 0.368. The van der Waals surface area contributed by atoms with Gasteiger partial charge in [-0.15, -0.1) is 0 Å². The first kappa shape index (κ1) is 14.2. The molecule has 0 spiro atoms. The number of hydrogen-bond acceptors (Lipinski definition) is 2. The van der Waals surface area contributed by atoms with Gasteiger partial charge >= 0.3 is 0 Å². The molecule has 0 aliphatic heterocycles. The van der Waals surface area contributed by atoms with Crippen LogP contribution < -0.4 is 4.74 Å². The van der Waals surface area contributed by atoms with Crippen molar-refractivity contribution >= 4 is 0 Å². The summed E-state index contributed by atoms with van der Waals surface area (Å²) >= 11 is 0. The van der Waals surface area contributed by atoms with Gasteiger partial charge in [-0.3, -0.25) is 0 Å². The van der Waals surface area contributed by atoms with E-state index in [0.717, 1.165) is 12.2 Å². The van der Waals surface area contributed by atoms with Gasteiger partial charge in [-0.1, -0.05) is 42.0 Å². The molecule has 0 amide bonds. The van der Waals surface area contributed by atoms with Crippen LogP contribution in [0.15, 0.2) is 48.5 Å². The lowest BCUT2D eigenvalue weighted by Crippen LogP contribution is -2.35. The van der Waals surface area contributed by atoms with Crippen LogP contribution in [0.1, 0.15) is 34.9 Å². The average Bonchev–Trinajstić information content (AvgIpc) is 2.49. The fourth-order valence-corrected chi connectivity index (χ4v) is 3.43. The fourth-order valence-electron chi connectivity index (χ4n) is 3.43. The topological polar surface area (TPSA) is 29.5 Å². The van der Waals surface area contributed by atoms with E-state index < -0.39 is 0 Å². The summed E-state index contributed by atoms with van der Waals surface area (Å²) in [6, 6.07) is 17.1. The van der Waals surface area contributed by atoms with Gasteiger partial charge in [0.25, 0.3) is 0 Å². The first-order chi connectivity index (χ1) is 10.2. The second kappa shape index (κ2) is 5.90. The van der Waals surface area contributed by atoms with E-state index in [1.54, 1.807) is 7.11 Å². The third kappa shape index (κ3) is 2.68. The SMILES string of the molecule is COc1ccc([C@@H]2[C@@H](CO)C[C@H]2c2ccc(C)cc2)cc1. The minimum atomic E-state index is 0.263. The van der Waals surface area contributed by atoms with Gasteiger partial charge in [0.1, 0.15) is 5.75 Å². The molecule has 2 heteroatoms. The molecule has 0 heterocycles. The van der Waals surface area contributed by atoms with Crippen molar-refractivity contribution in [3.63, 3.8) is 0 Å². The van der Waals surface area contributed by atoms with E-state index in [9.17, 15) is 5.11 Å². The molecule has 1 saturated carbocycles. The van der Waals surface area contributed by atoms with E-state index in [2.05, 4.69) is 43.3 Å². The number of aliphatic hydroxyl groups excluding tert-OH is 1. The number of benzene rings is 2. The third-order valence-electron chi connectivity index (χ3n) is 4.74. The Bertz CT molecular complexity index is 586. The lowest BCUT2D eigenvalue weighted by molar-refractivity contribution is 0.111. The molecule has 3 atom stereocenters. The molecule has 1 aliphatic rings. The Labute approximate surface area is 126 Å². The van der Waals surface area contributed by atoms with Crippen LogP contribution in [0.25, 0.3) is 0 Å². The highest BCUT2D eigenvalue weighted by molar-refractivity contribution is 5.37. The van der Waals surface area contributed by atoms with E-state index in [0.29, 0.717) is 17.8 Å². The van der Waals surface area contributed by atoms with Gasteiger partial charge in [-0.2, -0.15) is 0 Å². The van der Waals surface area contributed by atoms with Crippen LogP contribution in [0, 0.1) is 12.8 Å². The minimum Gasteiger partial charge on any atom is -0.497 e. The van der Waals surface area contributed by atoms with Crippen molar-refractivity contribution in [3.8, 4) is 5.75 Å². The van der Waals surface area contributed by atoms with Crippen LogP contribution in [-0.2, 0) is 0 Å². The van der Waals surface area contributed by atoms with E-state index in [-0.39, 0.29) is 6.61 Å². The third-order valence-corrected chi connectivity index (χ3v) is 4.74. The van der Waals surface area contributed by atoms with Crippen molar-refractivity contribution in [2.24, 2.45) is 5.92 Å². The summed E-state index contributed by atoms with van der Waals surface area (Å²) in [6.07, 6.45) is 1.07. The highest BCUT2D eigenvalue weighted by atomic mass is 16.5. The van der Waals surface area contributed by atoms with E-state index in [1.807, 2.05) is 12.1 Å². The van der Waals surface area contributed by atoms with Crippen molar-refractivity contribution in [1.82, 2.24) is 0 Å². The molecule has 110 valence electrons. The summed E-state index contributed by atoms with van der Waals surface area (Å²) in [5.74, 6) is 2.16. The Hall–Kier alpha value is -1.80. The zero-order valence-corrected chi connectivity index (χ0v) is 12.6. The molecular formula is C19H22O2.